The maximum atomic E-state index is 9.76. The second kappa shape index (κ2) is 8.34. The molecule has 25 heavy (non-hydrogen) atoms. The van der Waals surface area contributed by atoms with Crippen molar-refractivity contribution in [3.8, 4) is 0 Å². The van der Waals surface area contributed by atoms with Crippen LogP contribution < -0.4 is 11.1 Å². The Morgan fingerprint density at radius 2 is 1.88 bits per heavy atom. The van der Waals surface area contributed by atoms with Gasteiger partial charge in [-0.3, -0.25) is 5.41 Å². The molecule has 0 amide bonds. The molecule has 0 unspecified atom stereocenters. The Bertz CT molecular complexity index is 626. The molecular formula is C21H31N3O. The van der Waals surface area contributed by atoms with Crippen LogP contribution in [0, 0.1) is 16.7 Å². The van der Waals surface area contributed by atoms with E-state index in [0.29, 0.717) is 12.3 Å². The summed E-state index contributed by atoms with van der Waals surface area (Å²) in [6, 6.07) is 10.1. The molecule has 1 saturated carbocycles. The van der Waals surface area contributed by atoms with E-state index < -0.39 is 0 Å². The normalized spacial score (nSPS) is 21.6. The molecule has 1 fully saturated rings. The number of aliphatic hydroxyl groups is 1. The van der Waals surface area contributed by atoms with Gasteiger partial charge in [0.1, 0.15) is 5.84 Å². The number of hydrogen-bond acceptors (Lipinski definition) is 3. The van der Waals surface area contributed by atoms with Crippen molar-refractivity contribution in [3.05, 3.63) is 59.9 Å². The topological polar surface area (TPSA) is 82.1 Å². The van der Waals surface area contributed by atoms with Gasteiger partial charge in [-0.05, 0) is 43.2 Å². The van der Waals surface area contributed by atoms with Crippen LogP contribution in [-0.4, -0.2) is 17.0 Å². The van der Waals surface area contributed by atoms with Gasteiger partial charge in [-0.15, -0.1) is 0 Å². The molecule has 5 N–H and O–H groups in total. The van der Waals surface area contributed by atoms with E-state index in [-0.39, 0.29) is 17.4 Å². The highest BCUT2D eigenvalue weighted by Gasteiger charge is 2.35. The Hall–Kier alpha value is -2.07. The SMILES string of the molecule is C=C(NC(=CC(=N)N)Cc1ccccc1)C(C)(C)C1CCC(O)CC1. The molecule has 136 valence electrons. The summed E-state index contributed by atoms with van der Waals surface area (Å²) in [5.74, 6) is 0.524. The molecule has 1 aliphatic rings. The van der Waals surface area contributed by atoms with Crippen molar-refractivity contribution in [2.75, 3.05) is 0 Å². The molecule has 0 heterocycles. The van der Waals surface area contributed by atoms with Crippen LogP contribution in [0.15, 0.2) is 54.4 Å². The monoisotopic (exact) mass is 341 g/mol. The third-order valence-electron chi connectivity index (χ3n) is 5.37. The lowest BCUT2D eigenvalue weighted by atomic mass is 9.69. The molecule has 0 aromatic heterocycles. The van der Waals surface area contributed by atoms with Gasteiger partial charge >= 0.3 is 0 Å². The van der Waals surface area contributed by atoms with E-state index in [1.807, 2.05) is 18.2 Å². The molecule has 0 radical (unpaired) electrons. The van der Waals surface area contributed by atoms with E-state index in [1.54, 1.807) is 6.08 Å². The van der Waals surface area contributed by atoms with Gasteiger partial charge in [-0.25, -0.2) is 0 Å². The zero-order valence-electron chi connectivity index (χ0n) is 15.4. The van der Waals surface area contributed by atoms with Crippen molar-refractivity contribution in [3.63, 3.8) is 0 Å². The lowest BCUT2D eigenvalue weighted by Crippen LogP contribution is -2.36. The number of hydrogen-bond donors (Lipinski definition) is 4. The van der Waals surface area contributed by atoms with Crippen LogP contribution in [0.2, 0.25) is 0 Å². The summed E-state index contributed by atoms with van der Waals surface area (Å²) < 4.78 is 0. The van der Waals surface area contributed by atoms with Crippen LogP contribution >= 0.6 is 0 Å². The maximum Gasteiger partial charge on any atom is 0.117 e. The first-order valence-corrected chi connectivity index (χ1v) is 9.02. The molecule has 1 aromatic carbocycles. The quantitative estimate of drug-likeness (QED) is 0.450. The van der Waals surface area contributed by atoms with E-state index in [9.17, 15) is 5.11 Å². The summed E-state index contributed by atoms with van der Waals surface area (Å²) in [6.07, 6.45) is 5.94. The van der Waals surface area contributed by atoms with Crippen LogP contribution in [0.4, 0.5) is 0 Å². The van der Waals surface area contributed by atoms with Gasteiger partial charge in [-0.2, -0.15) is 0 Å². The third-order valence-corrected chi connectivity index (χ3v) is 5.37. The molecule has 0 bridgehead atoms. The highest BCUT2D eigenvalue weighted by atomic mass is 16.3. The van der Waals surface area contributed by atoms with Crippen molar-refractivity contribution in [2.24, 2.45) is 17.1 Å². The molecule has 2 rings (SSSR count). The Kier molecular flexibility index (Phi) is 6.43. The molecule has 0 spiro atoms. The minimum absolute atomic E-state index is 0.0322. The Labute approximate surface area is 151 Å². The van der Waals surface area contributed by atoms with E-state index in [2.05, 4.69) is 37.9 Å². The van der Waals surface area contributed by atoms with Crippen LogP contribution in [0.5, 0.6) is 0 Å². The average Bonchev–Trinajstić information content (AvgIpc) is 2.55. The number of rotatable bonds is 7. The Morgan fingerprint density at radius 1 is 1.28 bits per heavy atom. The smallest absolute Gasteiger partial charge is 0.117 e. The summed E-state index contributed by atoms with van der Waals surface area (Å²) in [5.41, 5.74) is 8.49. The summed E-state index contributed by atoms with van der Waals surface area (Å²) in [6.45, 7) is 8.70. The Morgan fingerprint density at radius 3 is 2.44 bits per heavy atom. The first-order valence-electron chi connectivity index (χ1n) is 9.02. The standard InChI is InChI=1S/C21H31N3O/c1-15(21(2,3)17-9-11-19(25)12-10-17)24-18(14-20(22)23)13-16-7-5-4-6-8-16/h4-8,14,17,19,24-25H,1,9-13H2,2-3H3,(H3,22,23). The minimum Gasteiger partial charge on any atom is -0.393 e. The van der Waals surface area contributed by atoms with Gasteiger partial charge in [0.15, 0.2) is 0 Å². The highest BCUT2D eigenvalue weighted by molar-refractivity contribution is 5.89. The summed E-state index contributed by atoms with van der Waals surface area (Å²) in [5, 5.41) is 20.8. The highest BCUT2D eigenvalue weighted by Crippen LogP contribution is 2.42. The number of aliphatic hydroxyl groups excluding tert-OH is 1. The lowest BCUT2D eigenvalue weighted by molar-refractivity contribution is 0.0763. The zero-order valence-corrected chi connectivity index (χ0v) is 15.4. The molecular weight excluding hydrogens is 310 g/mol. The second-order valence-electron chi connectivity index (χ2n) is 7.62. The molecule has 0 saturated heterocycles. The van der Waals surface area contributed by atoms with Gasteiger partial charge in [0.2, 0.25) is 0 Å². The number of nitrogens with two attached hydrogens (primary N) is 1. The number of benzene rings is 1. The molecule has 4 heteroatoms. The Balaban J connectivity index is 2.09. The first kappa shape index (κ1) is 19.3. The van der Waals surface area contributed by atoms with Crippen LogP contribution in [0.3, 0.4) is 0 Å². The van der Waals surface area contributed by atoms with Gasteiger partial charge < -0.3 is 16.2 Å². The summed E-state index contributed by atoms with van der Waals surface area (Å²) >= 11 is 0. The van der Waals surface area contributed by atoms with Gasteiger partial charge in [0.25, 0.3) is 0 Å². The third kappa shape index (κ3) is 5.46. The lowest BCUT2D eigenvalue weighted by Gasteiger charge is -2.40. The first-order chi connectivity index (χ1) is 11.8. The summed E-state index contributed by atoms with van der Waals surface area (Å²) in [4.78, 5) is 0. The van der Waals surface area contributed by atoms with Crippen LogP contribution in [0.25, 0.3) is 0 Å². The maximum absolute atomic E-state index is 9.76. The van der Waals surface area contributed by atoms with Crippen molar-refractivity contribution in [1.82, 2.24) is 5.32 Å². The van der Waals surface area contributed by atoms with Crippen molar-refractivity contribution in [2.45, 2.75) is 52.1 Å². The van der Waals surface area contributed by atoms with Crippen molar-refractivity contribution >= 4 is 5.84 Å². The predicted molar refractivity (Wildman–Crippen MR) is 104 cm³/mol. The molecule has 4 nitrogen and oxygen atoms in total. The minimum atomic E-state index is -0.153. The zero-order chi connectivity index (χ0) is 18.4. The molecule has 1 aromatic rings. The second-order valence-corrected chi connectivity index (χ2v) is 7.62. The number of nitrogens with one attached hydrogen (secondary N) is 2. The molecule has 1 aliphatic carbocycles. The fourth-order valence-electron chi connectivity index (χ4n) is 3.53. The van der Waals surface area contributed by atoms with E-state index in [0.717, 1.165) is 42.6 Å². The van der Waals surface area contributed by atoms with Gasteiger partial charge in [-0.1, -0.05) is 50.8 Å². The number of amidine groups is 1. The van der Waals surface area contributed by atoms with Crippen molar-refractivity contribution < 1.29 is 5.11 Å². The molecule has 0 atom stereocenters. The average molecular weight is 341 g/mol. The van der Waals surface area contributed by atoms with Crippen LogP contribution in [-0.2, 0) is 6.42 Å². The van der Waals surface area contributed by atoms with E-state index >= 15 is 0 Å². The largest absolute Gasteiger partial charge is 0.393 e. The van der Waals surface area contributed by atoms with E-state index in [1.165, 1.54) is 0 Å². The molecule has 0 aliphatic heterocycles. The number of allylic oxidation sites excluding steroid dienone is 2. The van der Waals surface area contributed by atoms with Gasteiger partial charge in [0.05, 0.1) is 6.10 Å². The van der Waals surface area contributed by atoms with Crippen LogP contribution in [0.1, 0.15) is 45.1 Å². The predicted octanol–water partition coefficient (Wildman–Crippen LogP) is 3.73. The van der Waals surface area contributed by atoms with Crippen molar-refractivity contribution in [1.29, 1.82) is 5.41 Å². The summed E-state index contributed by atoms with van der Waals surface area (Å²) in [7, 11) is 0. The fourth-order valence-corrected chi connectivity index (χ4v) is 3.53. The fraction of sp³-hybridized carbons (Fsp3) is 0.476. The van der Waals surface area contributed by atoms with E-state index in [4.69, 9.17) is 11.1 Å². The van der Waals surface area contributed by atoms with Gasteiger partial charge in [0, 0.05) is 23.2 Å².